The second-order valence-electron chi connectivity index (χ2n) is 5.77. The Morgan fingerprint density at radius 1 is 0.826 bits per heavy atom. The average Bonchev–Trinajstić information content (AvgIpc) is 2.54. The van der Waals surface area contributed by atoms with E-state index in [1.165, 1.54) is 0 Å². The van der Waals surface area contributed by atoms with Gasteiger partial charge in [0.1, 0.15) is 17.3 Å². The Balaban J connectivity index is 1.69. The van der Waals surface area contributed by atoms with E-state index in [-0.39, 0.29) is 23.7 Å². The van der Waals surface area contributed by atoms with Crippen molar-refractivity contribution in [3.63, 3.8) is 0 Å². The van der Waals surface area contributed by atoms with Crippen LogP contribution in [0.15, 0.2) is 48.5 Å². The molecule has 0 saturated heterocycles. The molecule has 122 valence electrons. The summed E-state index contributed by atoms with van der Waals surface area (Å²) >= 11 is 0. The molecule has 0 aliphatic rings. The van der Waals surface area contributed by atoms with Crippen molar-refractivity contribution in [2.45, 2.75) is 38.2 Å². The molecule has 1 atom stereocenters. The molecule has 0 unspecified atom stereocenters. The molecule has 0 saturated carbocycles. The fourth-order valence-electron chi connectivity index (χ4n) is 2.41. The molecule has 0 heterocycles. The van der Waals surface area contributed by atoms with E-state index < -0.39 is 6.10 Å². The minimum atomic E-state index is -0.642. The van der Waals surface area contributed by atoms with E-state index in [2.05, 4.69) is 0 Å². The highest BCUT2D eigenvalue weighted by Crippen LogP contribution is 2.14. The average molecular weight is 314 g/mol. The lowest BCUT2D eigenvalue weighted by Crippen LogP contribution is -2.14. The summed E-state index contributed by atoms with van der Waals surface area (Å²) in [6, 6.07) is 13.7. The zero-order chi connectivity index (χ0) is 16.7. The maximum absolute atomic E-state index is 11.9. The molecular formula is C19H22O4. The van der Waals surface area contributed by atoms with Gasteiger partial charge < -0.3 is 15.3 Å². The number of aliphatic hydroxyl groups is 1. The summed E-state index contributed by atoms with van der Waals surface area (Å²) in [6.45, 7) is 0. The van der Waals surface area contributed by atoms with Gasteiger partial charge in [-0.2, -0.15) is 0 Å². The third kappa shape index (κ3) is 6.12. The largest absolute Gasteiger partial charge is 0.508 e. The Hall–Kier alpha value is -2.33. The number of ketones is 1. The molecule has 4 heteroatoms. The Labute approximate surface area is 136 Å². The molecule has 3 N–H and O–H groups in total. The summed E-state index contributed by atoms with van der Waals surface area (Å²) in [5.74, 6) is 0.472. The SMILES string of the molecule is O=C(CCc1ccc(O)cc1)C[C@H](O)CCc1ccc(O)cc1. The third-order valence-corrected chi connectivity index (χ3v) is 3.79. The summed E-state index contributed by atoms with van der Waals surface area (Å²) in [7, 11) is 0. The molecule has 2 aromatic carbocycles. The van der Waals surface area contributed by atoms with Gasteiger partial charge in [-0.15, -0.1) is 0 Å². The van der Waals surface area contributed by atoms with Crippen LogP contribution in [0.2, 0.25) is 0 Å². The van der Waals surface area contributed by atoms with Crippen LogP contribution in [0.5, 0.6) is 11.5 Å². The van der Waals surface area contributed by atoms with Gasteiger partial charge in [-0.1, -0.05) is 24.3 Å². The van der Waals surface area contributed by atoms with Gasteiger partial charge in [0.15, 0.2) is 0 Å². The fraction of sp³-hybridized carbons (Fsp3) is 0.316. The van der Waals surface area contributed by atoms with Gasteiger partial charge >= 0.3 is 0 Å². The van der Waals surface area contributed by atoms with Crippen molar-refractivity contribution in [2.24, 2.45) is 0 Å². The predicted molar refractivity (Wildman–Crippen MR) is 88.5 cm³/mol. The van der Waals surface area contributed by atoms with Crippen LogP contribution in [0.1, 0.15) is 30.4 Å². The smallest absolute Gasteiger partial charge is 0.135 e. The summed E-state index contributed by atoms with van der Waals surface area (Å²) in [5.41, 5.74) is 2.02. The maximum Gasteiger partial charge on any atom is 0.135 e. The monoisotopic (exact) mass is 314 g/mol. The van der Waals surface area contributed by atoms with Gasteiger partial charge in [0, 0.05) is 12.8 Å². The van der Waals surface area contributed by atoms with Crippen LogP contribution in [-0.2, 0) is 17.6 Å². The van der Waals surface area contributed by atoms with E-state index in [9.17, 15) is 20.1 Å². The van der Waals surface area contributed by atoms with Crippen LogP contribution >= 0.6 is 0 Å². The highest BCUT2D eigenvalue weighted by molar-refractivity contribution is 5.79. The molecule has 0 aromatic heterocycles. The normalized spacial score (nSPS) is 12.0. The van der Waals surface area contributed by atoms with Crippen molar-refractivity contribution in [3.05, 3.63) is 59.7 Å². The molecule has 0 aliphatic carbocycles. The number of aromatic hydroxyl groups is 2. The topological polar surface area (TPSA) is 77.8 Å². The third-order valence-electron chi connectivity index (χ3n) is 3.79. The summed E-state index contributed by atoms with van der Waals surface area (Å²) in [4.78, 5) is 11.9. The van der Waals surface area contributed by atoms with Crippen molar-refractivity contribution in [1.29, 1.82) is 0 Å². The first-order valence-electron chi connectivity index (χ1n) is 7.78. The number of hydrogen-bond acceptors (Lipinski definition) is 4. The summed E-state index contributed by atoms with van der Waals surface area (Å²) < 4.78 is 0. The fourth-order valence-corrected chi connectivity index (χ4v) is 2.41. The predicted octanol–water partition coefficient (Wildman–Crippen LogP) is 2.98. The number of aliphatic hydroxyl groups excluding tert-OH is 1. The van der Waals surface area contributed by atoms with Crippen LogP contribution < -0.4 is 0 Å². The highest BCUT2D eigenvalue weighted by atomic mass is 16.3. The van der Waals surface area contributed by atoms with Crippen LogP contribution in [-0.4, -0.2) is 27.2 Å². The lowest BCUT2D eigenvalue weighted by atomic mass is 10.00. The van der Waals surface area contributed by atoms with Crippen molar-refractivity contribution in [1.82, 2.24) is 0 Å². The first-order valence-corrected chi connectivity index (χ1v) is 7.78. The van der Waals surface area contributed by atoms with E-state index >= 15 is 0 Å². The first kappa shape index (κ1) is 17.0. The van der Waals surface area contributed by atoms with Gasteiger partial charge in [0.05, 0.1) is 6.10 Å². The molecule has 0 radical (unpaired) electrons. The summed E-state index contributed by atoms with van der Waals surface area (Å²) in [5, 5.41) is 28.4. The lowest BCUT2D eigenvalue weighted by Gasteiger charge is -2.10. The number of phenols is 2. The van der Waals surface area contributed by atoms with Crippen LogP contribution in [0.25, 0.3) is 0 Å². The van der Waals surface area contributed by atoms with Crippen LogP contribution in [0, 0.1) is 0 Å². The van der Waals surface area contributed by atoms with Crippen molar-refractivity contribution in [3.8, 4) is 11.5 Å². The van der Waals surface area contributed by atoms with Gasteiger partial charge in [-0.3, -0.25) is 4.79 Å². The van der Waals surface area contributed by atoms with Crippen molar-refractivity contribution in [2.75, 3.05) is 0 Å². The molecule has 23 heavy (non-hydrogen) atoms. The second-order valence-corrected chi connectivity index (χ2v) is 5.77. The van der Waals surface area contributed by atoms with E-state index in [0.717, 1.165) is 11.1 Å². The first-order chi connectivity index (χ1) is 11.0. The highest BCUT2D eigenvalue weighted by Gasteiger charge is 2.11. The van der Waals surface area contributed by atoms with Crippen LogP contribution in [0.4, 0.5) is 0 Å². The van der Waals surface area contributed by atoms with Crippen molar-refractivity contribution < 1.29 is 20.1 Å². The van der Waals surface area contributed by atoms with E-state index in [1.807, 2.05) is 12.1 Å². The molecule has 0 spiro atoms. The molecule has 0 amide bonds. The number of phenolic OH excluding ortho intramolecular Hbond substituents is 2. The second kappa shape index (κ2) is 8.34. The minimum Gasteiger partial charge on any atom is -0.508 e. The zero-order valence-corrected chi connectivity index (χ0v) is 13.0. The van der Waals surface area contributed by atoms with Gasteiger partial charge in [-0.05, 0) is 54.7 Å². The van der Waals surface area contributed by atoms with Gasteiger partial charge in [0.25, 0.3) is 0 Å². The van der Waals surface area contributed by atoms with E-state index in [4.69, 9.17) is 0 Å². The molecule has 2 rings (SSSR count). The number of Topliss-reactive ketones (excluding diaryl/α,β-unsaturated/α-hetero) is 1. The number of carbonyl (C=O) groups excluding carboxylic acids is 1. The van der Waals surface area contributed by atoms with E-state index in [0.29, 0.717) is 25.7 Å². The standard InChI is InChI=1S/C19H22O4/c20-16-7-1-14(2-8-16)5-11-18(22)13-19(23)12-6-15-3-9-17(21)10-4-15/h1-4,7-10,18,20-22H,5-6,11-13H2/t18-/m1/s1. The zero-order valence-electron chi connectivity index (χ0n) is 13.0. The number of carbonyl (C=O) groups is 1. The molecular weight excluding hydrogens is 292 g/mol. The Morgan fingerprint density at radius 3 is 1.83 bits per heavy atom. The number of hydrogen-bond donors (Lipinski definition) is 3. The Kier molecular flexibility index (Phi) is 6.18. The molecule has 4 nitrogen and oxygen atoms in total. The quantitative estimate of drug-likeness (QED) is 0.700. The lowest BCUT2D eigenvalue weighted by molar-refractivity contribution is -0.120. The van der Waals surface area contributed by atoms with Gasteiger partial charge in [-0.25, -0.2) is 0 Å². The van der Waals surface area contributed by atoms with E-state index in [1.54, 1.807) is 36.4 Å². The van der Waals surface area contributed by atoms with Crippen LogP contribution in [0.3, 0.4) is 0 Å². The number of rotatable bonds is 8. The maximum atomic E-state index is 11.9. The summed E-state index contributed by atoms with van der Waals surface area (Å²) in [6.07, 6.45) is 1.72. The Bertz CT molecular complexity index is 617. The minimum absolute atomic E-state index is 0.0382. The van der Waals surface area contributed by atoms with Crippen molar-refractivity contribution >= 4 is 5.78 Å². The number of aryl methyl sites for hydroxylation is 2. The number of benzene rings is 2. The molecule has 0 aliphatic heterocycles. The molecule has 0 fully saturated rings. The Morgan fingerprint density at radius 2 is 1.30 bits per heavy atom. The molecule has 0 bridgehead atoms. The van der Waals surface area contributed by atoms with Gasteiger partial charge in [0.2, 0.25) is 0 Å². The molecule has 2 aromatic rings.